The van der Waals surface area contributed by atoms with Crippen LogP contribution in [0.1, 0.15) is 29.5 Å². The van der Waals surface area contributed by atoms with E-state index >= 15 is 0 Å². The molecule has 3 heterocycles. The maximum absolute atomic E-state index is 6.90. The highest BCUT2D eigenvalue weighted by atomic mass is 16.5. The van der Waals surface area contributed by atoms with Gasteiger partial charge in [0.05, 0.1) is 0 Å². The van der Waals surface area contributed by atoms with Gasteiger partial charge in [-0.15, -0.1) is 0 Å². The lowest BCUT2D eigenvalue weighted by Crippen LogP contribution is -2.12. The first kappa shape index (κ1) is 26.9. The zero-order valence-electron chi connectivity index (χ0n) is 24.8. The van der Waals surface area contributed by atoms with E-state index in [0.29, 0.717) is 0 Å². The molecule has 1 aliphatic carbocycles. The summed E-state index contributed by atoms with van der Waals surface area (Å²) in [7, 11) is 0. The van der Waals surface area contributed by atoms with Crippen molar-refractivity contribution in [3.63, 3.8) is 0 Å². The molecule has 0 radical (unpaired) electrons. The second-order valence-corrected chi connectivity index (χ2v) is 11.4. The summed E-state index contributed by atoms with van der Waals surface area (Å²) >= 11 is 0. The number of benzene rings is 4. The summed E-state index contributed by atoms with van der Waals surface area (Å²) in [5.74, 6) is 3.34. The Hall–Kier alpha value is -5.68. The van der Waals surface area contributed by atoms with Gasteiger partial charge in [-0.3, -0.25) is 0 Å². The average molecular weight is 588 g/mol. The zero-order chi connectivity index (χ0) is 30.0. The first-order valence-electron chi connectivity index (χ1n) is 15.5. The van der Waals surface area contributed by atoms with Gasteiger partial charge in [0.25, 0.3) is 0 Å². The van der Waals surface area contributed by atoms with Gasteiger partial charge < -0.3 is 25.4 Å². The van der Waals surface area contributed by atoms with Crippen LogP contribution in [0.4, 0.5) is 11.4 Å². The number of anilines is 2. The highest BCUT2D eigenvalue weighted by Crippen LogP contribution is 2.46. The van der Waals surface area contributed by atoms with E-state index in [4.69, 9.17) is 9.47 Å². The molecule has 0 atom stereocenters. The topological polar surface area (TPSA) is 54.5 Å². The first-order chi connectivity index (χ1) is 22.3. The van der Waals surface area contributed by atoms with Gasteiger partial charge >= 0.3 is 0 Å². The van der Waals surface area contributed by atoms with E-state index in [-0.39, 0.29) is 0 Å². The van der Waals surface area contributed by atoms with Gasteiger partial charge in [0.2, 0.25) is 0 Å². The third kappa shape index (κ3) is 5.34. The zero-order valence-corrected chi connectivity index (χ0v) is 24.8. The molecule has 0 amide bonds. The van der Waals surface area contributed by atoms with E-state index in [2.05, 4.69) is 113 Å². The van der Waals surface area contributed by atoms with Gasteiger partial charge in [-0.25, -0.2) is 0 Å². The third-order valence-electron chi connectivity index (χ3n) is 8.54. The molecule has 0 unspecified atom stereocenters. The van der Waals surface area contributed by atoms with Gasteiger partial charge in [-0.05, 0) is 84.1 Å². The summed E-state index contributed by atoms with van der Waals surface area (Å²) in [6.45, 7) is 1.56. The Labute approximate surface area is 263 Å². The van der Waals surface area contributed by atoms with Crippen LogP contribution in [0.25, 0.3) is 27.8 Å². The number of fused-ring (bicyclic) bond motifs is 5. The molecule has 5 heteroatoms. The Bertz CT molecular complexity index is 1990. The molecule has 5 nitrogen and oxygen atoms in total. The molecule has 45 heavy (non-hydrogen) atoms. The molecule has 0 saturated heterocycles. The molecule has 0 aromatic heterocycles. The Balaban J connectivity index is 1.27. The number of hydrogen-bond donors (Lipinski definition) is 3. The van der Waals surface area contributed by atoms with Crippen LogP contribution in [0, 0.1) is 0 Å². The molecule has 8 rings (SSSR count). The van der Waals surface area contributed by atoms with E-state index in [9.17, 15) is 0 Å². The van der Waals surface area contributed by atoms with E-state index < -0.39 is 0 Å². The van der Waals surface area contributed by atoms with Gasteiger partial charge in [0.15, 0.2) is 0 Å². The standard InChI is InChI=1S/C40H33N3O2/c1-4-14-36(31(11-1)29-10-8-22-42-26-29)43-30-18-20-35-34-19-17-27(28-9-7-21-41-25-28)23-39(34)44-37-15-5-2-12-32(37)33-13-3-6-16-38(33)45-40(35)24-30/h1-4,6-14,16-24,41-43H,5,15,25-26H2. The van der Waals surface area contributed by atoms with E-state index in [1.165, 1.54) is 11.1 Å². The van der Waals surface area contributed by atoms with Crippen molar-refractivity contribution in [3.8, 4) is 28.4 Å². The van der Waals surface area contributed by atoms with Crippen molar-refractivity contribution >= 4 is 28.1 Å². The predicted octanol–water partition coefficient (Wildman–Crippen LogP) is 9.34. The van der Waals surface area contributed by atoms with Crippen LogP contribution in [0.3, 0.4) is 0 Å². The van der Waals surface area contributed by atoms with Crippen molar-refractivity contribution < 1.29 is 9.47 Å². The Kier molecular flexibility index (Phi) is 7.04. The van der Waals surface area contributed by atoms with Gasteiger partial charge in [0, 0.05) is 64.8 Å². The molecule has 220 valence electrons. The highest BCUT2D eigenvalue weighted by molar-refractivity contribution is 5.87. The smallest absolute Gasteiger partial charge is 0.137 e. The summed E-state index contributed by atoms with van der Waals surface area (Å²) in [6, 6.07) is 29.5. The maximum Gasteiger partial charge on any atom is 0.137 e. The molecule has 0 fully saturated rings. The van der Waals surface area contributed by atoms with Crippen molar-refractivity contribution in [2.75, 3.05) is 18.4 Å². The lowest BCUT2D eigenvalue weighted by molar-refractivity contribution is 0.405. The van der Waals surface area contributed by atoms with Crippen molar-refractivity contribution in [2.45, 2.75) is 12.8 Å². The summed E-state index contributed by atoms with van der Waals surface area (Å²) in [6.07, 6.45) is 18.5. The van der Waals surface area contributed by atoms with Crippen LogP contribution in [0.2, 0.25) is 0 Å². The van der Waals surface area contributed by atoms with Crippen molar-refractivity contribution in [1.29, 1.82) is 0 Å². The fourth-order valence-electron chi connectivity index (χ4n) is 6.29. The monoisotopic (exact) mass is 587 g/mol. The normalized spacial score (nSPS) is 16.3. The molecular formula is C40H33N3O2. The molecule has 4 aromatic rings. The lowest BCUT2D eigenvalue weighted by atomic mass is 9.95. The number of allylic oxidation sites excluding steroid dienone is 8. The molecule has 4 aromatic carbocycles. The number of hydrogen-bond acceptors (Lipinski definition) is 5. The fraction of sp³-hybridized carbons (Fsp3) is 0.100. The summed E-state index contributed by atoms with van der Waals surface area (Å²) < 4.78 is 13.8. The third-order valence-corrected chi connectivity index (χ3v) is 8.54. The van der Waals surface area contributed by atoms with Crippen molar-refractivity contribution in [2.24, 2.45) is 0 Å². The number of para-hydroxylation sites is 2. The fourth-order valence-corrected chi connectivity index (χ4v) is 6.29. The largest absolute Gasteiger partial charge is 0.460 e. The minimum Gasteiger partial charge on any atom is -0.460 e. The molecule has 0 spiro atoms. The summed E-state index contributed by atoms with van der Waals surface area (Å²) in [4.78, 5) is 0. The Morgan fingerprint density at radius 2 is 1.36 bits per heavy atom. The summed E-state index contributed by atoms with van der Waals surface area (Å²) in [5, 5.41) is 10.3. The van der Waals surface area contributed by atoms with Gasteiger partial charge in [-0.1, -0.05) is 66.8 Å². The molecule has 3 N–H and O–H groups in total. The molecule has 3 aliphatic heterocycles. The molecule has 4 aliphatic rings. The number of ether oxygens (including phenoxy) is 2. The molecule has 0 saturated carbocycles. The number of rotatable bonds is 4. The van der Waals surface area contributed by atoms with E-state index in [1.54, 1.807) is 0 Å². The second-order valence-electron chi connectivity index (χ2n) is 11.4. The van der Waals surface area contributed by atoms with Crippen LogP contribution in [0.15, 0.2) is 140 Å². The molecule has 0 bridgehead atoms. The van der Waals surface area contributed by atoms with Crippen molar-refractivity contribution in [1.82, 2.24) is 10.6 Å². The quantitative estimate of drug-likeness (QED) is 0.222. The first-order valence-corrected chi connectivity index (χ1v) is 15.5. The molecular weight excluding hydrogens is 554 g/mol. The van der Waals surface area contributed by atoms with Crippen LogP contribution in [-0.4, -0.2) is 13.1 Å². The van der Waals surface area contributed by atoms with E-state index in [0.717, 1.165) is 93.7 Å². The lowest BCUT2D eigenvalue weighted by Gasteiger charge is -2.25. The Morgan fingerprint density at radius 1 is 0.622 bits per heavy atom. The Morgan fingerprint density at radius 3 is 2.18 bits per heavy atom. The highest BCUT2D eigenvalue weighted by Gasteiger charge is 2.23. The predicted molar refractivity (Wildman–Crippen MR) is 184 cm³/mol. The average Bonchev–Trinajstić information content (AvgIpc) is 3.10. The second kappa shape index (κ2) is 11.8. The van der Waals surface area contributed by atoms with Crippen LogP contribution in [-0.2, 0) is 0 Å². The number of dihydropyridines is 2. The maximum atomic E-state index is 6.90. The minimum atomic E-state index is 0.759. The van der Waals surface area contributed by atoms with Crippen LogP contribution < -0.4 is 25.4 Å². The van der Waals surface area contributed by atoms with Crippen LogP contribution in [0.5, 0.6) is 17.2 Å². The van der Waals surface area contributed by atoms with Gasteiger partial charge in [0.1, 0.15) is 23.0 Å². The SMILES string of the molecule is C1=CNCC(c2ccc3c(c2)OC2=C(C=CCC2)c2ccccc2Oc2cc(Nc4ccccc4C4=CC=CNC4)ccc2-3)=C1. The van der Waals surface area contributed by atoms with Crippen LogP contribution >= 0.6 is 0 Å². The van der Waals surface area contributed by atoms with Crippen molar-refractivity contribution in [3.05, 3.63) is 156 Å². The minimum absolute atomic E-state index is 0.759. The van der Waals surface area contributed by atoms with E-state index in [1.807, 2.05) is 36.7 Å². The van der Waals surface area contributed by atoms with Gasteiger partial charge in [-0.2, -0.15) is 0 Å². The summed E-state index contributed by atoms with van der Waals surface area (Å²) in [5.41, 5.74) is 10.8. The number of nitrogens with one attached hydrogen (secondary N) is 3.